The van der Waals surface area contributed by atoms with Crippen molar-refractivity contribution in [2.45, 2.75) is 45.8 Å². The predicted molar refractivity (Wildman–Crippen MR) is 110 cm³/mol. The van der Waals surface area contributed by atoms with Crippen LogP contribution in [0.2, 0.25) is 0 Å². The number of ether oxygens (including phenoxy) is 1. The van der Waals surface area contributed by atoms with Crippen LogP contribution in [0.3, 0.4) is 0 Å². The van der Waals surface area contributed by atoms with Crippen LogP contribution in [0, 0.1) is 0 Å². The lowest BCUT2D eigenvalue weighted by atomic mass is 10.1. The molecule has 1 saturated heterocycles. The van der Waals surface area contributed by atoms with Crippen molar-refractivity contribution in [1.82, 2.24) is 9.88 Å². The second-order valence-corrected chi connectivity index (χ2v) is 9.29. The lowest BCUT2D eigenvalue weighted by Crippen LogP contribution is -2.42. The quantitative estimate of drug-likeness (QED) is 0.752. The fraction of sp³-hybridized carbons (Fsp3) is 0.476. The lowest BCUT2D eigenvalue weighted by Gasteiger charge is -2.28. The Morgan fingerprint density at radius 1 is 1.11 bits per heavy atom. The predicted octanol–water partition coefficient (Wildman–Crippen LogP) is 4.34. The molecule has 7 heteroatoms. The van der Waals surface area contributed by atoms with Gasteiger partial charge in [0, 0.05) is 24.3 Å². The van der Waals surface area contributed by atoms with Crippen LogP contribution in [-0.4, -0.2) is 47.0 Å². The molecule has 3 heterocycles. The fourth-order valence-electron chi connectivity index (χ4n) is 3.53. The third-order valence-corrected chi connectivity index (χ3v) is 6.05. The number of rotatable bonds is 2. The zero-order chi connectivity index (χ0) is 19.9. The Hall–Kier alpha value is -2.41. The summed E-state index contributed by atoms with van der Waals surface area (Å²) < 4.78 is 5.40. The Balaban J connectivity index is 1.53. The summed E-state index contributed by atoms with van der Waals surface area (Å²) in [6.07, 6.45) is 2.02. The summed E-state index contributed by atoms with van der Waals surface area (Å²) in [7, 11) is 0. The van der Waals surface area contributed by atoms with Crippen LogP contribution in [0.25, 0.3) is 10.6 Å². The largest absolute Gasteiger partial charge is 0.444 e. The highest BCUT2D eigenvalue weighted by Crippen LogP contribution is 2.33. The van der Waals surface area contributed by atoms with Crippen LogP contribution in [-0.2, 0) is 11.3 Å². The minimum absolute atomic E-state index is 0.0391. The van der Waals surface area contributed by atoms with Crippen molar-refractivity contribution in [3.05, 3.63) is 34.8 Å². The normalized spacial score (nSPS) is 17.0. The molecule has 2 aromatic rings. The zero-order valence-electron chi connectivity index (χ0n) is 16.5. The maximum Gasteiger partial charge on any atom is 0.411 e. The highest BCUT2D eigenvalue weighted by atomic mass is 32.1. The van der Waals surface area contributed by atoms with Gasteiger partial charge in [0.2, 0.25) is 0 Å². The first-order chi connectivity index (χ1) is 13.3. The van der Waals surface area contributed by atoms with Gasteiger partial charge in [-0.2, -0.15) is 0 Å². The van der Waals surface area contributed by atoms with Crippen LogP contribution in [0.1, 0.15) is 49.0 Å². The Labute approximate surface area is 169 Å². The van der Waals surface area contributed by atoms with Gasteiger partial charge in [0.25, 0.3) is 0 Å². The van der Waals surface area contributed by atoms with E-state index in [9.17, 15) is 9.59 Å². The van der Waals surface area contributed by atoms with E-state index in [4.69, 9.17) is 4.74 Å². The molecule has 148 valence electrons. The van der Waals surface area contributed by atoms with E-state index < -0.39 is 11.7 Å². The minimum Gasteiger partial charge on any atom is -0.444 e. The van der Waals surface area contributed by atoms with Crippen molar-refractivity contribution in [3.8, 4) is 10.6 Å². The van der Waals surface area contributed by atoms with Gasteiger partial charge in [-0.25, -0.2) is 9.78 Å². The van der Waals surface area contributed by atoms with Crippen LogP contribution in [0.15, 0.2) is 24.3 Å². The van der Waals surface area contributed by atoms with Gasteiger partial charge in [0.1, 0.15) is 10.6 Å². The zero-order valence-corrected chi connectivity index (χ0v) is 17.3. The number of aromatic nitrogens is 1. The number of nitrogens with zero attached hydrogens (tertiary/aromatic N) is 3. The number of amides is 1. The molecule has 0 saturated carbocycles. The molecule has 0 radical (unpaired) electrons. The highest BCUT2D eigenvalue weighted by molar-refractivity contribution is 7.17. The van der Waals surface area contributed by atoms with E-state index >= 15 is 0 Å². The van der Waals surface area contributed by atoms with Crippen LogP contribution >= 0.6 is 11.3 Å². The summed E-state index contributed by atoms with van der Waals surface area (Å²) in [5.41, 5.74) is 2.30. The molecule has 0 unspecified atom stereocenters. The summed E-state index contributed by atoms with van der Waals surface area (Å²) >= 11 is 1.41. The molecule has 2 aliphatic heterocycles. The minimum atomic E-state index is -0.593. The number of ketones is 1. The molecule has 1 aromatic carbocycles. The molecule has 0 atom stereocenters. The average Bonchev–Trinajstić information content (AvgIpc) is 3.30. The molecule has 0 N–H and O–H groups in total. The van der Waals surface area contributed by atoms with Gasteiger partial charge < -0.3 is 9.64 Å². The molecule has 2 aliphatic rings. The fourth-order valence-corrected chi connectivity index (χ4v) is 4.54. The maximum atomic E-state index is 12.6. The molecule has 1 amide bonds. The van der Waals surface area contributed by atoms with Gasteiger partial charge in [-0.1, -0.05) is 0 Å². The van der Waals surface area contributed by atoms with E-state index in [-0.39, 0.29) is 12.3 Å². The summed E-state index contributed by atoms with van der Waals surface area (Å²) in [6, 6.07) is 8.37. The van der Waals surface area contributed by atoms with Crippen LogP contribution in [0.5, 0.6) is 0 Å². The van der Waals surface area contributed by atoms with Crippen LogP contribution < -0.4 is 4.90 Å². The number of hydrogen-bond acceptors (Lipinski definition) is 6. The number of anilines is 1. The molecular weight excluding hydrogens is 374 g/mol. The van der Waals surface area contributed by atoms with Gasteiger partial charge in [-0.3, -0.25) is 9.69 Å². The molecule has 0 spiro atoms. The van der Waals surface area contributed by atoms with Crippen molar-refractivity contribution in [1.29, 1.82) is 0 Å². The molecule has 1 fully saturated rings. The second-order valence-electron chi connectivity index (χ2n) is 8.30. The van der Waals surface area contributed by atoms with Gasteiger partial charge >= 0.3 is 6.09 Å². The van der Waals surface area contributed by atoms with E-state index in [1.54, 1.807) is 0 Å². The smallest absolute Gasteiger partial charge is 0.411 e. The highest BCUT2D eigenvalue weighted by Gasteiger charge is 2.32. The monoisotopic (exact) mass is 399 g/mol. The number of carbonyl (C=O) groups is 2. The molecule has 0 aliphatic carbocycles. The van der Waals surface area contributed by atoms with Gasteiger partial charge in [0.05, 0.1) is 23.7 Å². The summed E-state index contributed by atoms with van der Waals surface area (Å²) in [5, 5.41) is 0.817. The van der Waals surface area contributed by atoms with Crippen molar-refractivity contribution < 1.29 is 14.3 Å². The summed E-state index contributed by atoms with van der Waals surface area (Å²) in [6.45, 7) is 8.01. The van der Waals surface area contributed by atoms with Gasteiger partial charge in [-0.15, -0.1) is 11.3 Å². The van der Waals surface area contributed by atoms with Crippen molar-refractivity contribution in [2.75, 3.05) is 24.5 Å². The number of thiazole rings is 1. The van der Waals surface area contributed by atoms with E-state index in [0.717, 1.165) is 23.7 Å². The molecule has 4 rings (SSSR count). The first kappa shape index (κ1) is 18.9. The van der Waals surface area contributed by atoms with E-state index in [1.807, 2.05) is 20.8 Å². The number of carbonyl (C=O) groups excluding carboxylic acids is 2. The molecule has 0 bridgehead atoms. The van der Waals surface area contributed by atoms with Gasteiger partial charge in [0.15, 0.2) is 5.78 Å². The third-order valence-electron chi connectivity index (χ3n) is 4.86. The lowest BCUT2D eigenvalue weighted by molar-refractivity contribution is 0.0219. The average molecular weight is 400 g/mol. The molecule has 6 nitrogen and oxygen atoms in total. The maximum absolute atomic E-state index is 12.6. The standard InChI is InChI=1S/C21H25N3O3S/c1-21(2,3)27-20(26)24-12-16-18(17(25)13-24)28-19(22-16)14-6-8-15(9-7-14)23-10-4-5-11-23/h6-9H,4-5,10-13H2,1-3H3. The second kappa shape index (κ2) is 7.20. The molecule has 28 heavy (non-hydrogen) atoms. The van der Waals surface area contributed by atoms with Crippen molar-refractivity contribution in [2.24, 2.45) is 0 Å². The van der Waals surface area contributed by atoms with E-state index in [2.05, 4.69) is 34.1 Å². The number of benzene rings is 1. The molecular formula is C21H25N3O3S. The van der Waals surface area contributed by atoms with Crippen LogP contribution in [0.4, 0.5) is 10.5 Å². The first-order valence-electron chi connectivity index (χ1n) is 9.66. The van der Waals surface area contributed by atoms with Crippen molar-refractivity contribution in [3.63, 3.8) is 0 Å². The molecule has 1 aromatic heterocycles. The number of fused-ring (bicyclic) bond motifs is 1. The Kier molecular flexibility index (Phi) is 4.87. The third kappa shape index (κ3) is 3.90. The van der Waals surface area contributed by atoms with E-state index in [0.29, 0.717) is 17.1 Å². The number of hydrogen-bond donors (Lipinski definition) is 0. The van der Waals surface area contributed by atoms with E-state index in [1.165, 1.54) is 34.8 Å². The van der Waals surface area contributed by atoms with Gasteiger partial charge in [-0.05, 0) is 57.9 Å². The summed E-state index contributed by atoms with van der Waals surface area (Å²) in [5.74, 6) is -0.0791. The first-order valence-corrected chi connectivity index (χ1v) is 10.5. The topological polar surface area (TPSA) is 62.7 Å². The SMILES string of the molecule is CC(C)(C)OC(=O)N1CC(=O)c2sc(-c3ccc(N4CCCC4)cc3)nc2C1. The van der Waals surface area contributed by atoms with Crippen molar-refractivity contribution >= 4 is 28.9 Å². The summed E-state index contributed by atoms with van der Waals surface area (Å²) in [4.78, 5) is 34.0. The Morgan fingerprint density at radius 2 is 1.79 bits per heavy atom. The Bertz CT molecular complexity index is 893. The number of Topliss-reactive ketones (excluding diaryl/α,β-unsaturated/α-hetero) is 1. The Morgan fingerprint density at radius 3 is 2.43 bits per heavy atom.